The zero-order valence-electron chi connectivity index (χ0n) is 21.6. The first-order valence-corrected chi connectivity index (χ1v) is 15.8. The van der Waals surface area contributed by atoms with E-state index in [0.29, 0.717) is 49.3 Å². The van der Waals surface area contributed by atoms with Crippen molar-refractivity contribution < 1.29 is 33.1 Å². The number of nitrogens with zero attached hydrogens (tertiary/aromatic N) is 2. The van der Waals surface area contributed by atoms with Crippen LogP contribution in [-0.4, -0.2) is 64.2 Å². The Balaban J connectivity index is 1.74. The van der Waals surface area contributed by atoms with Gasteiger partial charge in [-0.1, -0.05) is 6.92 Å². The Hall–Kier alpha value is -2.30. The average Bonchev–Trinajstić information content (AvgIpc) is 3.45. The number of fused-ring (bicyclic) bond motifs is 2. The largest absolute Gasteiger partial charge is 0.469 e. The van der Waals surface area contributed by atoms with Gasteiger partial charge in [-0.15, -0.1) is 0 Å². The van der Waals surface area contributed by atoms with Crippen molar-refractivity contribution in [3.05, 3.63) is 23.8 Å². The molecule has 0 saturated carbocycles. The molecule has 3 heterocycles. The van der Waals surface area contributed by atoms with Crippen LogP contribution in [0.2, 0.25) is 18.6 Å². The van der Waals surface area contributed by atoms with Crippen LogP contribution in [0.5, 0.6) is 0 Å². The van der Waals surface area contributed by atoms with Gasteiger partial charge in [-0.3, -0.25) is 14.4 Å². The van der Waals surface area contributed by atoms with Gasteiger partial charge in [0, 0.05) is 55.2 Å². The molecule has 0 unspecified atom stereocenters. The number of carbonyl (C=O) groups is 3. The van der Waals surface area contributed by atoms with Crippen molar-refractivity contribution in [2.24, 2.45) is 5.92 Å². The summed E-state index contributed by atoms with van der Waals surface area (Å²) in [5, 5.41) is 9.70. The average molecular weight is 521 g/mol. The summed E-state index contributed by atoms with van der Waals surface area (Å²) in [5.41, 5.74) is 0.219. The van der Waals surface area contributed by atoms with Crippen LogP contribution >= 0.6 is 0 Å². The number of aliphatic hydroxyl groups excluding tert-OH is 1. The Kier molecular flexibility index (Phi) is 7.59. The molecule has 4 atom stereocenters. The van der Waals surface area contributed by atoms with Gasteiger partial charge >= 0.3 is 5.97 Å². The molecule has 3 aliphatic rings. The molecule has 8 nitrogen and oxygen atoms in total. The fraction of sp³-hybridized carbons (Fsp3) is 0.654. The Labute approximate surface area is 212 Å². The predicted molar refractivity (Wildman–Crippen MR) is 136 cm³/mol. The minimum Gasteiger partial charge on any atom is -0.469 e. The second-order valence-corrected chi connectivity index (χ2v) is 14.4. The molecule has 2 amide bonds. The zero-order valence-corrected chi connectivity index (χ0v) is 22.6. The van der Waals surface area contributed by atoms with E-state index in [9.17, 15) is 19.5 Å². The first-order valence-electron chi connectivity index (χ1n) is 12.9. The minimum atomic E-state index is -3.27. The lowest BCUT2D eigenvalue weighted by atomic mass is 9.82. The summed E-state index contributed by atoms with van der Waals surface area (Å²) in [5.74, 6) is -0.938. The second-order valence-electron chi connectivity index (χ2n) is 10.6. The minimum absolute atomic E-state index is 0.0433. The Bertz CT molecular complexity index is 1030. The fourth-order valence-corrected chi connectivity index (χ4v) is 8.93. The third-order valence-electron chi connectivity index (χ3n) is 7.98. The summed E-state index contributed by atoms with van der Waals surface area (Å²) in [4.78, 5) is 41.6. The third kappa shape index (κ3) is 4.48. The number of ether oxygens (including phenoxy) is 2. The predicted octanol–water partition coefficient (Wildman–Crippen LogP) is 3.66. The number of unbranched alkanes of at least 4 members (excludes halogenated alkanes) is 1. The van der Waals surface area contributed by atoms with Crippen molar-refractivity contribution >= 4 is 37.6 Å². The first-order chi connectivity index (χ1) is 17.1. The van der Waals surface area contributed by atoms with Gasteiger partial charge in [-0.25, -0.2) is 0 Å². The van der Waals surface area contributed by atoms with Crippen molar-refractivity contribution in [2.75, 3.05) is 36.6 Å². The molecule has 1 spiro atoms. The monoisotopic (exact) mass is 520 g/mol. The number of aliphatic hydroxyl groups is 1. The molecule has 2 fully saturated rings. The summed E-state index contributed by atoms with van der Waals surface area (Å²) in [7, 11) is -1.93. The van der Waals surface area contributed by atoms with Gasteiger partial charge in [-0.2, -0.15) is 0 Å². The van der Waals surface area contributed by atoms with E-state index in [2.05, 4.69) is 0 Å². The highest BCUT2D eigenvalue weighted by Crippen LogP contribution is 2.60. The van der Waals surface area contributed by atoms with Crippen molar-refractivity contribution in [3.8, 4) is 0 Å². The molecule has 198 valence electrons. The highest BCUT2D eigenvalue weighted by molar-refractivity contribution is 6.72. The Morgan fingerprint density at radius 1 is 1.31 bits per heavy atom. The second kappa shape index (κ2) is 10.2. The molecule has 2 saturated heterocycles. The number of amides is 2. The molecule has 1 aromatic carbocycles. The number of hydrogen-bond donors (Lipinski definition) is 1. The number of hydrogen-bond acceptors (Lipinski definition) is 6. The molecular formula is C26H37FN2O6Si. The lowest BCUT2D eigenvalue weighted by molar-refractivity contribution is -0.146. The van der Waals surface area contributed by atoms with E-state index in [0.717, 1.165) is 6.42 Å². The molecule has 1 aromatic rings. The number of halogens is 1. The quantitative estimate of drug-likeness (QED) is 0.231. The summed E-state index contributed by atoms with van der Waals surface area (Å²) in [6.45, 7) is 5.98. The molecule has 0 aromatic heterocycles. The van der Waals surface area contributed by atoms with Gasteiger partial charge < -0.3 is 28.5 Å². The van der Waals surface area contributed by atoms with Crippen molar-refractivity contribution in [2.45, 2.75) is 75.8 Å². The summed E-state index contributed by atoms with van der Waals surface area (Å²) in [6, 6.07) is 5.57. The maximum Gasteiger partial charge on any atom is 0.305 e. The molecule has 36 heavy (non-hydrogen) atoms. The highest BCUT2D eigenvalue weighted by atomic mass is 28.4. The third-order valence-corrected chi connectivity index (χ3v) is 10.4. The number of anilines is 2. The summed E-state index contributed by atoms with van der Waals surface area (Å²) in [6.07, 6.45) is 2.36. The van der Waals surface area contributed by atoms with Crippen LogP contribution < -0.4 is 9.80 Å². The van der Waals surface area contributed by atoms with Gasteiger partial charge in [0.05, 0.1) is 18.9 Å². The lowest BCUT2D eigenvalue weighted by Gasteiger charge is -2.31. The van der Waals surface area contributed by atoms with Crippen LogP contribution in [0.25, 0.3) is 0 Å². The molecule has 4 rings (SSSR count). The first kappa shape index (κ1) is 26.8. The van der Waals surface area contributed by atoms with Crippen LogP contribution in [0.15, 0.2) is 18.2 Å². The van der Waals surface area contributed by atoms with Gasteiger partial charge in [0.1, 0.15) is 0 Å². The normalized spacial score (nSPS) is 27.9. The maximum absolute atomic E-state index is 15.6. The Morgan fingerprint density at radius 2 is 2.06 bits per heavy atom. The van der Waals surface area contributed by atoms with Crippen LogP contribution in [-0.2, 0) is 29.5 Å². The van der Waals surface area contributed by atoms with E-state index in [1.165, 1.54) is 7.11 Å². The molecule has 0 aliphatic carbocycles. The lowest BCUT2D eigenvalue weighted by Crippen LogP contribution is -2.45. The van der Waals surface area contributed by atoms with Crippen molar-refractivity contribution in [1.29, 1.82) is 0 Å². The number of rotatable bonds is 9. The number of esters is 1. The van der Waals surface area contributed by atoms with Crippen LogP contribution in [0.1, 0.15) is 51.0 Å². The van der Waals surface area contributed by atoms with E-state index >= 15 is 4.11 Å². The Morgan fingerprint density at radius 3 is 2.67 bits per heavy atom. The molecular weight excluding hydrogens is 483 g/mol. The molecule has 1 N–H and O–H groups in total. The van der Waals surface area contributed by atoms with E-state index in [4.69, 9.17) is 9.47 Å². The number of carbonyl (C=O) groups excluding carboxylic acids is 3. The molecule has 0 radical (unpaired) electrons. The number of benzene rings is 1. The molecule has 10 heteroatoms. The molecule has 0 bridgehead atoms. The van der Waals surface area contributed by atoms with E-state index < -0.39 is 31.6 Å². The van der Waals surface area contributed by atoms with Crippen LogP contribution in [0, 0.1) is 5.92 Å². The smallest absolute Gasteiger partial charge is 0.305 e. The number of methoxy groups -OCH3 is 1. The van der Waals surface area contributed by atoms with Gasteiger partial charge in [0.2, 0.25) is 14.3 Å². The SMILES string of the molecule is COC(=O)CCCCN1C(=O)[C@@]2(O[C@@H](CCO)[C@H]([Si](C)(C)F)[C@H]2C)c2cc(N3CCCC3=O)ccc21. The van der Waals surface area contributed by atoms with Crippen LogP contribution in [0.3, 0.4) is 0 Å². The summed E-state index contributed by atoms with van der Waals surface area (Å²) < 4.78 is 26.9. The van der Waals surface area contributed by atoms with Crippen molar-refractivity contribution in [1.82, 2.24) is 0 Å². The van der Waals surface area contributed by atoms with E-state index in [1.807, 2.05) is 25.1 Å². The standard InChI is InChI=1S/C26H37FN2O6Si/c1-17-24(36(3,4)27)21(12-15-30)35-26(17)19-16-18(28-14-7-8-22(28)31)10-11-20(19)29(25(26)33)13-6-5-9-23(32)34-2/h10-11,16-17,21,24,30H,5-9,12-15H2,1-4H3/t17-,21+,24-,26+/m1/s1. The van der Waals surface area contributed by atoms with E-state index in [1.54, 1.807) is 22.9 Å². The topological polar surface area (TPSA) is 96.4 Å². The van der Waals surface area contributed by atoms with Gasteiger partial charge in [-0.05, 0) is 57.0 Å². The fourth-order valence-electron chi connectivity index (χ4n) is 6.38. The maximum atomic E-state index is 15.6. The molecule has 3 aliphatic heterocycles. The van der Waals surface area contributed by atoms with Crippen molar-refractivity contribution in [3.63, 3.8) is 0 Å². The van der Waals surface area contributed by atoms with Gasteiger partial charge in [0.25, 0.3) is 5.91 Å². The zero-order chi connectivity index (χ0) is 26.3. The summed E-state index contributed by atoms with van der Waals surface area (Å²) >= 11 is 0. The highest BCUT2D eigenvalue weighted by Gasteiger charge is 2.66. The van der Waals surface area contributed by atoms with E-state index in [-0.39, 0.29) is 37.2 Å². The van der Waals surface area contributed by atoms with Crippen LogP contribution in [0.4, 0.5) is 15.5 Å². The van der Waals surface area contributed by atoms with Gasteiger partial charge in [0.15, 0.2) is 5.60 Å².